The highest BCUT2D eigenvalue weighted by Gasteiger charge is 2.16. The molecule has 4 N–H and O–H groups in total. The van der Waals surface area contributed by atoms with Gasteiger partial charge in [-0.3, -0.25) is 19.2 Å². The highest BCUT2D eigenvalue weighted by Crippen LogP contribution is 2.26. The monoisotopic (exact) mass is 462 g/mol. The first kappa shape index (κ1) is 21.8. The number of nitrogens with zero attached hydrogens (tertiary/aromatic N) is 3. The quantitative estimate of drug-likeness (QED) is 0.400. The standard InChI is InChI=1S/C22H18N6O4S/c1-12(29)24-14-8-6-13(7-9-14)17-11-33-22(25-17)26-18(30)10-28-21(32)16-5-3-2-4-15(16)19(27-28)20(23)31/h2-9,11H,10H2,1H3,(H2,23,31)(H,24,29)(H,25,26,30). The van der Waals surface area contributed by atoms with Gasteiger partial charge in [0, 0.05) is 28.9 Å². The lowest BCUT2D eigenvalue weighted by atomic mass is 10.1. The van der Waals surface area contributed by atoms with Crippen LogP contribution in [0.3, 0.4) is 0 Å². The van der Waals surface area contributed by atoms with Crippen molar-refractivity contribution >= 4 is 50.6 Å². The number of nitrogens with one attached hydrogen (secondary N) is 2. The normalized spacial score (nSPS) is 10.7. The Morgan fingerprint density at radius 3 is 2.39 bits per heavy atom. The van der Waals surface area contributed by atoms with Crippen molar-refractivity contribution in [3.05, 3.63) is 70.0 Å². The van der Waals surface area contributed by atoms with E-state index in [4.69, 9.17) is 5.73 Å². The highest BCUT2D eigenvalue weighted by molar-refractivity contribution is 7.14. The Balaban J connectivity index is 1.51. The Bertz CT molecular complexity index is 1440. The summed E-state index contributed by atoms with van der Waals surface area (Å²) in [6, 6.07) is 13.5. The number of primary amides is 1. The van der Waals surface area contributed by atoms with Crippen molar-refractivity contribution in [3.63, 3.8) is 0 Å². The summed E-state index contributed by atoms with van der Waals surface area (Å²) in [4.78, 5) is 52.5. The van der Waals surface area contributed by atoms with Gasteiger partial charge in [0.05, 0.1) is 11.1 Å². The Labute approximate surface area is 191 Å². The molecule has 0 unspecified atom stereocenters. The van der Waals surface area contributed by atoms with Crippen LogP contribution in [0.1, 0.15) is 17.4 Å². The molecule has 11 heteroatoms. The molecule has 0 bridgehead atoms. The number of hydrogen-bond donors (Lipinski definition) is 3. The minimum atomic E-state index is -0.797. The molecule has 2 aromatic heterocycles. The fraction of sp³-hybridized carbons (Fsp3) is 0.0909. The third kappa shape index (κ3) is 4.77. The topological polar surface area (TPSA) is 149 Å². The molecule has 0 fully saturated rings. The van der Waals surface area contributed by atoms with Gasteiger partial charge in [0.1, 0.15) is 6.54 Å². The van der Waals surface area contributed by atoms with Gasteiger partial charge in [-0.15, -0.1) is 11.3 Å². The predicted octanol–water partition coefficient (Wildman–Crippen LogP) is 2.22. The molecule has 0 aliphatic rings. The third-order valence-electron chi connectivity index (χ3n) is 4.65. The molecule has 0 aliphatic carbocycles. The van der Waals surface area contributed by atoms with Crippen molar-refractivity contribution in [3.8, 4) is 11.3 Å². The summed E-state index contributed by atoms with van der Waals surface area (Å²) in [6.07, 6.45) is 0. The molecular formula is C22H18N6O4S. The smallest absolute Gasteiger partial charge is 0.275 e. The molecule has 166 valence electrons. The second-order valence-electron chi connectivity index (χ2n) is 7.07. The largest absolute Gasteiger partial charge is 0.364 e. The lowest BCUT2D eigenvalue weighted by molar-refractivity contribution is -0.117. The van der Waals surface area contributed by atoms with Crippen LogP contribution in [0.15, 0.2) is 58.7 Å². The summed E-state index contributed by atoms with van der Waals surface area (Å²) < 4.78 is 0.910. The SMILES string of the molecule is CC(=O)Nc1ccc(-c2csc(NC(=O)Cn3nc(C(N)=O)c4ccccc4c3=O)n2)cc1. The minimum absolute atomic E-state index is 0.0859. The van der Waals surface area contributed by atoms with Gasteiger partial charge >= 0.3 is 0 Å². The lowest BCUT2D eigenvalue weighted by Crippen LogP contribution is -2.32. The molecule has 3 amide bonds. The van der Waals surface area contributed by atoms with E-state index < -0.39 is 23.9 Å². The van der Waals surface area contributed by atoms with Crippen molar-refractivity contribution in [2.24, 2.45) is 5.73 Å². The molecule has 0 spiro atoms. The zero-order chi connectivity index (χ0) is 23.5. The first-order chi connectivity index (χ1) is 15.8. The van der Waals surface area contributed by atoms with E-state index in [1.165, 1.54) is 18.3 Å². The zero-order valence-corrected chi connectivity index (χ0v) is 18.2. The zero-order valence-electron chi connectivity index (χ0n) is 17.4. The summed E-state index contributed by atoms with van der Waals surface area (Å²) in [5, 5.41) is 12.0. The second kappa shape index (κ2) is 9.01. The van der Waals surface area contributed by atoms with E-state index in [-0.39, 0.29) is 17.0 Å². The molecule has 2 heterocycles. The van der Waals surface area contributed by atoms with E-state index >= 15 is 0 Å². The van der Waals surface area contributed by atoms with Crippen LogP contribution in [0.2, 0.25) is 0 Å². The molecule has 0 aliphatic heterocycles. The average Bonchev–Trinajstić information content (AvgIpc) is 3.24. The van der Waals surface area contributed by atoms with E-state index in [0.29, 0.717) is 21.9 Å². The van der Waals surface area contributed by atoms with Gasteiger partial charge in [-0.2, -0.15) is 5.10 Å². The van der Waals surface area contributed by atoms with Crippen LogP contribution in [-0.4, -0.2) is 32.5 Å². The summed E-state index contributed by atoms with van der Waals surface area (Å²) >= 11 is 1.22. The number of benzene rings is 2. The number of amides is 3. The summed E-state index contributed by atoms with van der Waals surface area (Å²) in [5.41, 5.74) is 6.91. The summed E-state index contributed by atoms with van der Waals surface area (Å²) in [6.45, 7) is 1.02. The van der Waals surface area contributed by atoms with E-state index in [0.717, 1.165) is 10.2 Å². The molecule has 2 aromatic carbocycles. The van der Waals surface area contributed by atoms with Crippen molar-refractivity contribution in [1.29, 1.82) is 0 Å². The average molecular weight is 462 g/mol. The number of aromatic nitrogens is 3. The van der Waals surface area contributed by atoms with Gasteiger partial charge in [-0.1, -0.05) is 30.3 Å². The van der Waals surface area contributed by atoms with Gasteiger partial charge in [0.15, 0.2) is 10.8 Å². The fourth-order valence-electron chi connectivity index (χ4n) is 3.21. The maximum Gasteiger partial charge on any atom is 0.275 e. The number of rotatable bonds is 6. The van der Waals surface area contributed by atoms with E-state index in [1.54, 1.807) is 53.9 Å². The predicted molar refractivity (Wildman–Crippen MR) is 125 cm³/mol. The molecule has 10 nitrogen and oxygen atoms in total. The third-order valence-corrected chi connectivity index (χ3v) is 5.40. The Morgan fingerprint density at radius 2 is 1.73 bits per heavy atom. The number of carbonyl (C=O) groups excluding carboxylic acids is 3. The van der Waals surface area contributed by atoms with Crippen LogP contribution in [0.25, 0.3) is 22.0 Å². The first-order valence-corrected chi connectivity index (χ1v) is 10.6. The van der Waals surface area contributed by atoms with E-state index in [9.17, 15) is 19.2 Å². The maximum atomic E-state index is 12.7. The molecular weight excluding hydrogens is 444 g/mol. The van der Waals surface area contributed by atoms with Crippen molar-refractivity contribution in [2.45, 2.75) is 13.5 Å². The maximum absolute atomic E-state index is 12.7. The second-order valence-corrected chi connectivity index (χ2v) is 7.92. The summed E-state index contributed by atoms with van der Waals surface area (Å²) in [5.74, 6) is -1.49. The molecule has 0 atom stereocenters. The van der Waals surface area contributed by atoms with Gasteiger partial charge in [0.2, 0.25) is 11.8 Å². The molecule has 4 rings (SSSR count). The Kier molecular flexibility index (Phi) is 5.96. The fourth-order valence-corrected chi connectivity index (χ4v) is 3.95. The number of nitrogens with two attached hydrogens (primary N) is 1. The van der Waals surface area contributed by atoms with Crippen LogP contribution < -0.4 is 21.9 Å². The van der Waals surface area contributed by atoms with Gasteiger partial charge in [-0.25, -0.2) is 9.67 Å². The molecule has 0 saturated heterocycles. The van der Waals surface area contributed by atoms with Crippen LogP contribution >= 0.6 is 11.3 Å². The molecule has 4 aromatic rings. The van der Waals surface area contributed by atoms with E-state index in [2.05, 4.69) is 20.7 Å². The van der Waals surface area contributed by atoms with E-state index in [1.807, 2.05) is 0 Å². The number of carbonyl (C=O) groups is 3. The van der Waals surface area contributed by atoms with Crippen molar-refractivity contribution < 1.29 is 14.4 Å². The highest BCUT2D eigenvalue weighted by atomic mass is 32.1. The molecule has 0 radical (unpaired) electrons. The lowest BCUT2D eigenvalue weighted by Gasteiger charge is -2.09. The number of thiazole rings is 1. The van der Waals surface area contributed by atoms with Crippen LogP contribution in [-0.2, 0) is 16.1 Å². The molecule has 0 saturated carbocycles. The number of fused-ring (bicyclic) bond motifs is 1. The Hall–Kier alpha value is -4.38. The van der Waals surface area contributed by atoms with Crippen LogP contribution in [0.4, 0.5) is 10.8 Å². The number of hydrogen-bond acceptors (Lipinski definition) is 7. The van der Waals surface area contributed by atoms with Gasteiger partial charge < -0.3 is 16.4 Å². The van der Waals surface area contributed by atoms with Crippen LogP contribution in [0.5, 0.6) is 0 Å². The molecule has 33 heavy (non-hydrogen) atoms. The summed E-state index contributed by atoms with van der Waals surface area (Å²) in [7, 11) is 0. The Morgan fingerprint density at radius 1 is 1.03 bits per heavy atom. The first-order valence-electron chi connectivity index (χ1n) is 9.75. The van der Waals surface area contributed by atoms with Crippen molar-refractivity contribution in [1.82, 2.24) is 14.8 Å². The number of anilines is 2. The van der Waals surface area contributed by atoms with Gasteiger partial charge in [0.25, 0.3) is 11.5 Å². The minimum Gasteiger partial charge on any atom is -0.364 e. The van der Waals surface area contributed by atoms with Gasteiger partial charge in [-0.05, 0) is 18.2 Å². The van der Waals surface area contributed by atoms with Crippen LogP contribution in [0, 0.1) is 0 Å². The van der Waals surface area contributed by atoms with Crippen molar-refractivity contribution in [2.75, 3.05) is 10.6 Å².